The number of anilines is 2. The summed E-state index contributed by atoms with van der Waals surface area (Å²) in [6, 6.07) is 0. The van der Waals surface area contributed by atoms with Crippen molar-refractivity contribution in [2.45, 2.75) is 13.0 Å². The Morgan fingerprint density at radius 3 is 2.94 bits per heavy atom. The molecule has 0 atom stereocenters. The van der Waals surface area contributed by atoms with Crippen LogP contribution >= 0.6 is 0 Å². The Morgan fingerprint density at radius 1 is 1.35 bits per heavy atom. The average Bonchev–Trinajstić information content (AvgIpc) is 2.79. The normalized spacial score (nSPS) is 10.4. The van der Waals surface area contributed by atoms with E-state index in [1.165, 1.54) is 6.33 Å². The van der Waals surface area contributed by atoms with Gasteiger partial charge in [0.1, 0.15) is 6.33 Å². The van der Waals surface area contributed by atoms with Crippen molar-refractivity contribution in [2.24, 2.45) is 0 Å². The molecule has 0 saturated heterocycles. The molecule has 0 aromatic carbocycles. The Labute approximate surface area is 99.7 Å². The maximum Gasteiger partial charge on any atom is 0.207 e. The first-order valence-electron chi connectivity index (χ1n) is 5.42. The first kappa shape index (κ1) is 11.5. The third kappa shape index (κ3) is 3.25. The van der Waals surface area contributed by atoms with E-state index in [0.29, 0.717) is 0 Å². The van der Waals surface area contributed by atoms with Crippen molar-refractivity contribution in [2.75, 3.05) is 19.0 Å². The Morgan fingerprint density at radius 2 is 2.18 bits per heavy atom. The Balaban J connectivity index is 1.99. The van der Waals surface area contributed by atoms with Gasteiger partial charge in [0.05, 0.1) is 18.1 Å². The van der Waals surface area contributed by atoms with Crippen LogP contribution in [0.2, 0.25) is 0 Å². The zero-order chi connectivity index (χ0) is 11.9. The van der Waals surface area contributed by atoms with Crippen molar-refractivity contribution in [3.63, 3.8) is 0 Å². The molecule has 2 rings (SSSR count). The first-order valence-corrected chi connectivity index (χ1v) is 5.42. The molecular formula is C11H15N5O. The lowest BCUT2D eigenvalue weighted by Gasteiger charge is -2.08. The third-order valence-corrected chi connectivity index (χ3v) is 2.28. The van der Waals surface area contributed by atoms with Crippen molar-refractivity contribution in [3.8, 4) is 0 Å². The maximum absolute atomic E-state index is 5.02. The second-order valence-corrected chi connectivity index (χ2v) is 3.54. The fraction of sp³-hybridized carbons (Fsp3) is 0.364. The number of ether oxygens (including phenoxy) is 1. The Kier molecular flexibility index (Phi) is 4.04. The highest BCUT2D eigenvalue weighted by atomic mass is 16.5. The number of nitrogens with zero attached hydrogens (tertiary/aromatic N) is 4. The molecule has 0 aliphatic carbocycles. The number of hydrogen-bond donors (Lipinski definition) is 1. The van der Waals surface area contributed by atoms with Crippen LogP contribution in [0.25, 0.3) is 0 Å². The molecule has 2 heterocycles. The summed E-state index contributed by atoms with van der Waals surface area (Å²) in [6.07, 6.45) is 9.56. The Hall–Kier alpha value is -1.95. The lowest BCUT2D eigenvalue weighted by atomic mass is 10.4. The van der Waals surface area contributed by atoms with Crippen molar-refractivity contribution in [1.82, 2.24) is 19.5 Å². The van der Waals surface area contributed by atoms with Gasteiger partial charge in [-0.3, -0.25) is 0 Å². The van der Waals surface area contributed by atoms with Crippen LogP contribution in [0.3, 0.4) is 0 Å². The predicted molar refractivity (Wildman–Crippen MR) is 64.0 cm³/mol. The van der Waals surface area contributed by atoms with Crippen LogP contribution in [0.5, 0.6) is 0 Å². The van der Waals surface area contributed by atoms with Gasteiger partial charge >= 0.3 is 0 Å². The van der Waals surface area contributed by atoms with Gasteiger partial charge in [0.25, 0.3) is 0 Å². The number of aryl methyl sites for hydroxylation is 1. The van der Waals surface area contributed by atoms with Crippen LogP contribution in [0.15, 0.2) is 31.1 Å². The zero-order valence-corrected chi connectivity index (χ0v) is 9.71. The fourth-order valence-corrected chi connectivity index (χ4v) is 1.49. The molecule has 0 radical (unpaired) electrons. The summed E-state index contributed by atoms with van der Waals surface area (Å²) in [6.45, 7) is 1.61. The summed E-state index contributed by atoms with van der Waals surface area (Å²) < 4.78 is 7.06. The third-order valence-electron chi connectivity index (χ3n) is 2.28. The largest absolute Gasteiger partial charge is 0.385 e. The van der Waals surface area contributed by atoms with Gasteiger partial charge in [0.2, 0.25) is 5.95 Å². The molecule has 0 fully saturated rings. The quantitative estimate of drug-likeness (QED) is 0.765. The number of imidazole rings is 1. The molecule has 0 aliphatic heterocycles. The summed E-state index contributed by atoms with van der Waals surface area (Å²) in [5.74, 6) is 0.788. The topological polar surface area (TPSA) is 64.9 Å². The molecule has 90 valence electrons. The van der Waals surface area contributed by atoms with Crippen LogP contribution in [-0.4, -0.2) is 33.2 Å². The van der Waals surface area contributed by atoms with E-state index in [1.54, 1.807) is 25.7 Å². The predicted octanol–water partition coefficient (Wildman–Crippen LogP) is 1.45. The summed E-state index contributed by atoms with van der Waals surface area (Å²) >= 11 is 0. The monoisotopic (exact) mass is 233 g/mol. The van der Waals surface area contributed by atoms with Crippen molar-refractivity contribution >= 4 is 11.6 Å². The number of hydrogen-bond acceptors (Lipinski definition) is 5. The molecule has 0 unspecified atom stereocenters. The molecule has 0 amide bonds. The SMILES string of the molecule is COCCCn1ccnc1Nc1cncnc1. The standard InChI is InChI=1S/C11H15N5O/c1-17-6-2-4-16-5-3-14-11(16)15-10-7-12-9-13-8-10/h3,5,7-9H,2,4,6H2,1H3,(H,14,15). The highest BCUT2D eigenvalue weighted by Crippen LogP contribution is 2.12. The summed E-state index contributed by atoms with van der Waals surface area (Å²) in [4.78, 5) is 12.1. The lowest BCUT2D eigenvalue weighted by Crippen LogP contribution is -2.05. The maximum atomic E-state index is 5.02. The van der Waals surface area contributed by atoms with Gasteiger partial charge in [0.15, 0.2) is 0 Å². The number of nitrogens with one attached hydrogen (secondary N) is 1. The molecule has 6 heteroatoms. The lowest BCUT2D eigenvalue weighted by molar-refractivity contribution is 0.190. The minimum absolute atomic E-state index is 0.742. The van der Waals surface area contributed by atoms with E-state index in [9.17, 15) is 0 Å². The Bertz CT molecular complexity index is 442. The van der Waals surface area contributed by atoms with Gasteiger partial charge in [-0.1, -0.05) is 0 Å². The highest BCUT2D eigenvalue weighted by molar-refractivity contribution is 5.50. The van der Waals surface area contributed by atoms with Crippen molar-refractivity contribution in [3.05, 3.63) is 31.1 Å². The smallest absolute Gasteiger partial charge is 0.207 e. The van der Waals surface area contributed by atoms with Crippen LogP contribution in [0, 0.1) is 0 Å². The van der Waals surface area contributed by atoms with Gasteiger partial charge in [-0.2, -0.15) is 0 Å². The minimum atomic E-state index is 0.742. The first-order chi connectivity index (χ1) is 8.40. The molecule has 2 aromatic heterocycles. The van der Waals surface area contributed by atoms with E-state index in [-0.39, 0.29) is 0 Å². The molecule has 0 bridgehead atoms. The summed E-state index contributed by atoms with van der Waals surface area (Å²) in [5, 5.41) is 3.17. The fourth-order valence-electron chi connectivity index (χ4n) is 1.49. The van der Waals surface area contributed by atoms with Crippen molar-refractivity contribution < 1.29 is 4.74 Å². The van der Waals surface area contributed by atoms with Gasteiger partial charge < -0.3 is 14.6 Å². The summed E-state index contributed by atoms with van der Waals surface area (Å²) in [7, 11) is 1.70. The number of aromatic nitrogens is 4. The second-order valence-electron chi connectivity index (χ2n) is 3.54. The number of rotatable bonds is 6. The van der Waals surface area contributed by atoms with Crippen LogP contribution in [-0.2, 0) is 11.3 Å². The molecule has 0 saturated carbocycles. The molecule has 0 aliphatic rings. The van der Waals surface area contributed by atoms with Gasteiger partial charge in [-0.15, -0.1) is 0 Å². The van der Waals surface area contributed by atoms with E-state index in [0.717, 1.165) is 31.2 Å². The molecule has 6 nitrogen and oxygen atoms in total. The zero-order valence-electron chi connectivity index (χ0n) is 9.71. The van der Waals surface area contributed by atoms with E-state index >= 15 is 0 Å². The highest BCUT2D eigenvalue weighted by Gasteiger charge is 2.02. The van der Waals surface area contributed by atoms with Gasteiger partial charge in [-0.25, -0.2) is 15.0 Å². The average molecular weight is 233 g/mol. The second kappa shape index (κ2) is 5.95. The van der Waals surface area contributed by atoms with Crippen LogP contribution in [0.1, 0.15) is 6.42 Å². The molecule has 0 spiro atoms. The van der Waals surface area contributed by atoms with E-state index < -0.39 is 0 Å². The molecule has 17 heavy (non-hydrogen) atoms. The van der Waals surface area contributed by atoms with Crippen molar-refractivity contribution in [1.29, 1.82) is 0 Å². The van der Waals surface area contributed by atoms with Gasteiger partial charge in [-0.05, 0) is 6.42 Å². The van der Waals surface area contributed by atoms with E-state index in [1.807, 2.05) is 10.8 Å². The van der Waals surface area contributed by atoms with E-state index in [2.05, 4.69) is 20.3 Å². The van der Waals surface area contributed by atoms with Gasteiger partial charge in [0, 0.05) is 32.7 Å². The molecule has 1 N–H and O–H groups in total. The summed E-state index contributed by atoms with van der Waals surface area (Å²) in [5.41, 5.74) is 0.826. The van der Waals surface area contributed by atoms with Crippen LogP contribution < -0.4 is 5.32 Å². The number of methoxy groups -OCH3 is 1. The molecule has 2 aromatic rings. The minimum Gasteiger partial charge on any atom is -0.385 e. The van der Waals surface area contributed by atoms with Crippen LogP contribution in [0.4, 0.5) is 11.6 Å². The van der Waals surface area contributed by atoms with E-state index in [4.69, 9.17) is 4.74 Å². The molecular weight excluding hydrogens is 218 g/mol.